The molecule has 0 fully saturated rings. The molecule has 2 aromatic carbocycles. The lowest BCUT2D eigenvalue weighted by molar-refractivity contribution is 0.581. The molecule has 112 valence electrons. The highest BCUT2D eigenvalue weighted by Crippen LogP contribution is 2.30. The number of aryl methyl sites for hydroxylation is 1. The van der Waals surface area contributed by atoms with Crippen molar-refractivity contribution >= 4 is 11.6 Å². The summed E-state index contributed by atoms with van der Waals surface area (Å²) in [6.45, 7) is 4.65. The summed E-state index contributed by atoms with van der Waals surface area (Å²) in [4.78, 5) is 0. The van der Waals surface area contributed by atoms with Crippen molar-refractivity contribution < 1.29 is 8.78 Å². The molecular weight excluding hydrogens is 292 g/mol. The first-order valence-corrected chi connectivity index (χ1v) is 7.34. The molecule has 0 spiro atoms. The average Bonchev–Trinajstić information content (AvgIpc) is 2.40. The lowest BCUT2D eigenvalue weighted by atomic mass is 9.97. The van der Waals surface area contributed by atoms with Crippen LogP contribution < -0.4 is 5.32 Å². The summed E-state index contributed by atoms with van der Waals surface area (Å²) in [5, 5.41) is 3.68. The molecule has 0 aromatic heterocycles. The number of hydrogen-bond acceptors (Lipinski definition) is 1. The van der Waals surface area contributed by atoms with Gasteiger partial charge in [0, 0.05) is 5.02 Å². The van der Waals surface area contributed by atoms with Gasteiger partial charge in [-0.1, -0.05) is 30.7 Å². The fraction of sp³-hybridized carbons (Fsp3) is 0.294. The molecule has 0 aliphatic carbocycles. The topological polar surface area (TPSA) is 12.0 Å². The summed E-state index contributed by atoms with van der Waals surface area (Å²) in [6.07, 6.45) is 0.934. The maximum absolute atomic E-state index is 13.7. The molecular formula is C17H18ClF2N. The SMILES string of the molecule is CCCNC(c1cc(C)cc(F)c1)c1ccc(F)cc1Cl. The van der Waals surface area contributed by atoms with E-state index in [1.165, 1.54) is 24.3 Å². The average molecular weight is 310 g/mol. The van der Waals surface area contributed by atoms with Crippen molar-refractivity contribution in [3.8, 4) is 0 Å². The van der Waals surface area contributed by atoms with E-state index in [-0.39, 0.29) is 17.7 Å². The van der Waals surface area contributed by atoms with Gasteiger partial charge in [-0.15, -0.1) is 0 Å². The van der Waals surface area contributed by atoms with Crippen molar-refractivity contribution in [1.82, 2.24) is 5.32 Å². The third-order valence-corrected chi connectivity index (χ3v) is 3.60. The number of nitrogens with one attached hydrogen (secondary N) is 1. The van der Waals surface area contributed by atoms with Gasteiger partial charge in [0.25, 0.3) is 0 Å². The Hall–Kier alpha value is -1.45. The summed E-state index contributed by atoms with van der Waals surface area (Å²) < 4.78 is 26.9. The van der Waals surface area contributed by atoms with Gasteiger partial charge in [-0.3, -0.25) is 0 Å². The van der Waals surface area contributed by atoms with Crippen LogP contribution in [0.2, 0.25) is 5.02 Å². The van der Waals surface area contributed by atoms with Gasteiger partial charge in [-0.05, 0) is 60.8 Å². The third-order valence-electron chi connectivity index (χ3n) is 3.27. The van der Waals surface area contributed by atoms with Gasteiger partial charge in [0.1, 0.15) is 11.6 Å². The Bertz CT molecular complexity index is 608. The molecule has 1 N–H and O–H groups in total. The van der Waals surface area contributed by atoms with Crippen LogP contribution in [-0.4, -0.2) is 6.54 Å². The van der Waals surface area contributed by atoms with Crippen molar-refractivity contribution in [3.05, 3.63) is 69.7 Å². The molecule has 0 radical (unpaired) electrons. The Morgan fingerprint density at radius 2 is 1.86 bits per heavy atom. The number of hydrogen-bond donors (Lipinski definition) is 1. The zero-order valence-corrected chi connectivity index (χ0v) is 12.8. The van der Waals surface area contributed by atoms with Gasteiger partial charge in [0.05, 0.1) is 6.04 Å². The minimum Gasteiger partial charge on any atom is -0.306 e. The van der Waals surface area contributed by atoms with E-state index in [9.17, 15) is 8.78 Å². The molecule has 0 bridgehead atoms. The number of halogens is 3. The lowest BCUT2D eigenvalue weighted by Gasteiger charge is -2.21. The maximum atomic E-state index is 13.7. The van der Waals surface area contributed by atoms with Crippen molar-refractivity contribution in [1.29, 1.82) is 0 Å². The van der Waals surface area contributed by atoms with Crippen LogP contribution in [0, 0.1) is 18.6 Å². The van der Waals surface area contributed by atoms with Gasteiger partial charge in [-0.2, -0.15) is 0 Å². The Kier molecular flexibility index (Phi) is 5.32. The highest BCUT2D eigenvalue weighted by Gasteiger charge is 2.18. The van der Waals surface area contributed by atoms with Crippen LogP contribution in [0.3, 0.4) is 0 Å². The molecule has 0 aliphatic heterocycles. The molecule has 4 heteroatoms. The summed E-state index contributed by atoms with van der Waals surface area (Å²) >= 11 is 6.16. The molecule has 21 heavy (non-hydrogen) atoms. The fourth-order valence-corrected chi connectivity index (χ4v) is 2.64. The minimum atomic E-state index is -0.381. The van der Waals surface area contributed by atoms with Gasteiger partial charge < -0.3 is 5.32 Å². The second-order valence-corrected chi connectivity index (χ2v) is 5.52. The molecule has 1 nitrogen and oxygen atoms in total. The zero-order chi connectivity index (χ0) is 15.4. The van der Waals surface area contributed by atoms with Crippen molar-refractivity contribution in [3.63, 3.8) is 0 Å². The van der Waals surface area contributed by atoms with Crippen molar-refractivity contribution in [2.24, 2.45) is 0 Å². The second kappa shape index (κ2) is 7.01. The van der Waals surface area contributed by atoms with Gasteiger partial charge in [0.15, 0.2) is 0 Å². The van der Waals surface area contributed by atoms with E-state index < -0.39 is 0 Å². The summed E-state index contributed by atoms with van der Waals surface area (Å²) in [6, 6.07) is 8.92. The van der Waals surface area contributed by atoms with E-state index >= 15 is 0 Å². The highest BCUT2D eigenvalue weighted by molar-refractivity contribution is 6.31. The first-order chi connectivity index (χ1) is 10.0. The Labute approximate surface area is 128 Å². The van der Waals surface area contributed by atoms with Crippen molar-refractivity contribution in [2.45, 2.75) is 26.3 Å². The van der Waals surface area contributed by atoms with Crippen LogP contribution in [0.25, 0.3) is 0 Å². The van der Waals surface area contributed by atoms with Crippen molar-refractivity contribution in [2.75, 3.05) is 6.54 Å². The van der Waals surface area contributed by atoms with Crippen LogP contribution in [0.1, 0.15) is 36.1 Å². The molecule has 0 amide bonds. The van der Waals surface area contributed by atoms with E-state index in [0.29, 0.717) is 5.02 Å². The van der Waals surface area contributed by atoms with Gasteiger partial charge in [-0.25, -0.2) is 8.78 Å². The summed E-state index contributed by atoms with van der Waals surface area (Å²) in [5.74, 6) is -0.667. The molecule has 0 saturated carbocycles. The number of rotatable bonds is 5. The quantitative estimate of drug-likeness (QED) is 0.818. The van der Waals surface area contributed by atoms with Crippen LogP contribution in [0.15, 0.2) is 36.4 Å². The number of benzene rings is 2. The van der Waals surface area contributed by atoms with E-state index in [4.69, 9.17) is 11.6 Å². The summed E-state index contributed by atoms with van der Waals surface area (Å²) in [5.41, 5.74) is 2.37. The molecule has 1 unspecified atom stereocenters. The Morgan fingerprint density at radius 3 is 2.48 bits per heavy atom. The Morgan fingerprint density at radius 1 is 1.10 bits per heavy atom. The maximum Gasteiger partial charge on any atom is 0.124 e. The third kappa shape index (κ3) is 4.02. The predicted octanol–water partition coefficient (Wildman–Crippen LogP) is 5.02. The lowest BCUT2D eigenvalue weighted by Crippen LogP contribution is -2.23. The molecule has 0 aliphatic rings. The first kappa shape index (κ1) is 15.9. The predicted molar refractivity (Wildman–Crippen MR) is 82.7 cm³/mol. The van der Waals surface area contributed by atoms with E-state index in [1.807, 2.05) is 19.9 Å². The van der Waals surface area contributed by atoms with Crippen LogP contribution in [0.4, 0.5) is 8.78 Å². The van der Waals surface area contributed by atoms with E-state index in [0.717, 1.165) is 29.7 Å². The fourth-order valence-electron chi connectivity index (χ4n) is 2.36. The summed E-state index contributed by atoms with van der Waals surface area (Å²) in [7, 11) is 0. The highest BCUT2D eigenvalue weighted by atomic mass is 35.5. The minimum absolute atomic E-state index is 0.257. The standard InChI is InChI=1S/C17H18ClF2N/c1-3-6-21-17(12-7-11(2)8-14(20)9-12)15-5-4-13(19)10-16(15)18/h4-5,7-10,17,21H,3,6H2,1-2H3. The second-order valence-electron chi connectivity index (χ2n) is 5.11. The smallest absolute Gasteiger partial charge is 0.124 e. The largest absolute Gasteiger partial charge is 0.306 e. The molecule has 0 heterocycles. The molecule has 0 saturated heterocycles. The molecule has 2 aromatic rings. The van der Waals surface area contributed by atoms with Crippen LogP contribution in [-0.2, 0) is 0 Å². The van der Waals surface area contributed by atoms with Crippen LogP contribution >= 0.6 is 11.6 Å². The first-order valence-electron chi connectivity index (χ1n) is 6.96. The van der Waals surface area contributed by atoms with Crippen LogP contribution in [0.5, 0.6) is 0 Å². The van der Waals surface area contributed by atoms with Gasteiger partial charge in [0.2, 0.25) is 0 Å². The molecule has 1 atom stereocenters. The normalized spacial score (nSPS) is 12.4. The van der Waals surface area contributed by atoms with E-state index in [1.54, 1.807) is 6.07 Å². The zero-order valence-electron chi connectivity index (χ0n) is 12.1. The van der Waals surface area contributed by atoms with E-state index in [2.05, 4.69) is 5.32 Å². The monoisotopic (exact) mass is 309 g/mol. The molecule has 2 rings (SSSR count). The Balaban J connectivity index is 2.46. The van der Waals surface area contributed by atoms with Gasteiger partial charge >= 0.3 is 0 Å².